The number of anilines is 1. The smallest absolute Gasteiger partial charge is 0.349 e. The van der Waals surface area contributed by atoms with E-state index in [0.29, 0.717) is 27.0 Å². The Balaban J connectivity index is 1.66. The molecule has 7 nitrogen and oxygen atoms in total. The van der Waals surface area contributed by atoms with Crippen LogP contribution in [0.25, 0.3) is 27.4 Å². The third kappa shape index (κ3) is 4.71. The summed E-state index contributed by atoms with van der Waals surface area (Å²) in [6.45, 7) is 4.00. The molecule has 37 heavy (non-hydrogen) atoms. The minimum absolute atomic E-state index is 0.334. The van der Waals surface area contributed by atoms with E-state index in [4.69, 9.17) is 33.9 Å². The van der Waals surface area contributed by atoms with Crippen molar-refractivity contribution in [2.45, 2.75) is 19.3 Å². The van der Waals surface area contributed by atoms with Crippen molar-refractivity contribution in [1.82, 2.24) is 19.7 Å². The Morgan fingerprint density at radius 1 is 0.946 bits per heavy atom. The summed E-state index contributed by atoms with van der Waals surface area (Å²) in [5.41, 5.74) is 8.56. The van der Waals surface area contributed by atoms with Crippen LogP contribution in [0.2, 0.25) is 10.0 Å². The number of aromatic amines is 1. The molecular formula is C27H21Cl2N5O2S. The van der Waals surface area contributed by atoms with E-state index >= 15 is 0 Å². The largest absolute Gasteiger partial charge is 0.399 e. The van der Waals surface area contributed by atoms with Crippen LogP contribution in [0.1, 0.15) is 24.4 Å². The van der Waals surface area contributed by atoms with Crippen molar-refractivity contribution < 1.29 is 0 Å². The molecule has 2 heterocycles. The first kappa shape index (κ1) is 25.0. The van der Waals surface area contributed by atoms with Crippen LogP contribution in [0.5, 0.6) is 0 Å². The summed E-state index contributed by atoms with van der Waals surface area (Å²) in [5, 5.41) is 5.38. The molecule has 0 aliphatic carbocycles. The molecule has 3 aromatic carbocycles. The molecule has 0 aliphatic heterocycles. The summed E-state index contributed by atoms with van der Waals surface area (Å²) in [6, 6.07) is 20.9. The van der Waals surface area contributed by atoms with Crippen LogP contribution in [0, 0.1) is 0 Å². The number of nitrogens with zero attached hydrogens (tertiary/aromatic N) is 3. The topological polar surface area (TPSA) is 107 Å². The Morgan fingerprint density at radius 2 is 1.62 bits per heavy atom. The molecule has 0 saturated carbocycles. The van der Waals surface area contributed by atoms with E-state index in [-0.39, 0.29) is 0 Å². The van der Waals surface area contributed by atoms with E-state index in [1.165, 1.54) is 0 Å². The molecule has 0 atom stereocenters. The van der Waals surface area contributed by atoms with Crippen molar-refractivity contribution in [3.63, 3.8) is 0 Å². The van der Waals surface area contributed by atoms with Crippen molar-refractivity contribution in [2.75, 3.05) is 5.73 Å². The number of aromatic nitrogens is 4. The van der Waals surface area contributed by atoms with E-state index in [2.05, 4.69) is 10.1 Å². The number of rotatable bonds is 5. The highest BCUT2D eigenvalue weighted by molar-refractivity contribution is 7.16. The second kappa shape index (κ2) is 9.63. The quantitative estimate of drug-likeness (QED) is 0.264. The minimum atomic E-state index is -0.692. The van der Waals surface area contributed by atoms with E-state index < -0.39 is 16.7 Å². The number of benzene rings is 3. The Kier molecular flexibility index (Phi) is 6.49. The molecule has 0 aliphatic rings. The number of H-pyrrole nitrogens is 1. The lowest BCUT2D eigenvalue weighted by Crippen LogP contribution is -2.30. The molecule has 0 bridgehead atoms. The standard InChI is InChI=1S/C27H21Cl2N5O2S/c1-27(2,22-19(28)12-18(13-20(22)29)34-26(36)32-21(35)14-31-34)25-33-23(15-7-4-3-5-8-15)24(37-25)16-9-6-10-17(30)11-16/h3-14H,30H2,1-2H3,(H,32,35,36). The predicted octanol–water partition coefficient (Wildman–Crippen LogP) is 5.93. The molecular weight excluding hydrogens is 529 g/mol. The van der Waals surface area contributed by atoms with Crippen molar-refractivity contribution in [3.05, 3.63) is 114 Å². The molecule has 186 valence electrons. The molecule has 5 rings (SSSR count). The molecule has 0 amide bonds. The molecule has 3 N–H and O–H groups in total. The average molecular weight is 550 g/mol. The van der Waals surface area contributed by atoms with Gasteiger partial charge in [-0.25, -0.2) is 9.78 Å². The van der Waals surface area contributed by atoms with E-state index in [1.807, 2.05) is 68.4 Å². The molecule has 2 aromatic heterocycles. The van der Waals surface area contributed by atoms with Crippen molar-refractivity contribution >= 4 is 40.2 Å². The number of nitrogen functional groups attached to an aromatic ring is 1. The lowest BCUT2D eigenvalue weighted by atomic mass is 9.85. The Bertz CT molecular complexity index is 1720. The molecule has 0 unspecified atom stereocenters. The van der Waals surface area contributed by atoms with Gasteiger partial charge >= 0.3 is 5.69 Å². The van der Waals surface area contributed by atoms with Crippen LogP contribution in [0.3, 0.4) is 0 Å². The van der Waals surface area contributed by atoms with Gasteiger partial charge in [0.2, 0.25) is 0 Å². The summed E-state index contributed by atoms with van der Waals surface area (Å²) in [7, 11) is 0. The zero-order valence-electron chi connectivity index (χ0n) is 19.8. The lowest BCUT2D eigenvalue weighted by molar-refractivity contribution is 0.635. The lowest BCUT2D eigenvalue weighted by Gasteiger charge is -2.26. The SMILES string of the molecule is CC(C)(c1nc(-c2ccccc2)c(-c2cccc(N)c2)s1)c1c(Cl)cc(-n2ncc(=O)[nH]c2=O)cc1Cl. The van der Waals surface area contributed by atoms with Crippen molar-refractivity contribution in [1.29, 1.82) is 0 Å². The maximum absolute atomic E-state index is 12.2. The van der Waals surface area contributed by atoms with Gasteiger partial charge in [0.25, 0.3) is 5.56 Å². The fourth-order valence-corrected chi connectivity index (χ4v) is 6.32. The van der Waals surface area contributed by atoms with Gasteiger partial charge in [-0.3, -0.25) is 9.78 Å². The Labute approximate surface area is 226 Å². The summed E-state index contributed by atoms with van der Waals surface area (Å²) >= 11 is 15.1. The van der Waals surface area contributed by atoms with Crippen molar-refractivity contribution in [2.24, 2.45) is 0 Å². The Hall–Kier alpha value is -3.72. The monoisotopic (exact) mass is 549 g/mol. The highest BCUT2D eigenvalue weighted by atomic mass is 35.5. The highest BCUT2D eigenvalue weighted by Gasteiger charge is 2.33. The van der Waals surface area contributed by atoms with Crippen LogP contribution in [0.4, 0.5) is 5.69 Å². The molecule has 0 spiro atoms. The van der Waals surface area contributed by atoms with Crippen LogP contribution in [-0.4, -0.2) is 19.7 Å². The number of nitrogens with one attached hydrogen (secondary N) is 1. The van der Waals surface area contributed by atoms with Gasteiger partial charge in [0.15, 0.2) is 0 Å². The van der Waals surface area contributed by atoms with Crippen LogP contribution in [0.15, 0.2) is 82.5 Å². The van der Waals surface area contributed by atoms with Gasteiger partial charge < -0.3 is 5.73 Å². The molecule has 5 aromatic rings. The number of nitrogens with two attached hydrogens (primary N) is 1. The van der Waals surface area contributed by atoms with Crippen LogP contribution >= 0.6 is 34.5 Å². The second-order valence-corrected chi connectivity index (χ2v) is 10.8. The summed E-state index contributed by atoms with van der Waals surface area (Å²) < 4.78 is 1.03. The van der Waals surface area contributed by atoms with Gasteiger partial charge in [0.05, 0.1) is 16.3 Å². The number of hydrogen-bond acceptors (Lipinski definition) is 6. The van der Waals surface area contributed by atoms with Crippen molar-refractivity contribution in [3.8, 4) is 27.4 Å². The van der Waals surface area contributed by atoms with Gasteiger partial charge in [-0.1, -0.05) is 65.7 Å². The summed E-state index contributed by atoms with van der Waals surface area (Å²) in [4.78, 5) is 31.9. The van der Waals surface area contributed by atoms with E-state index in [9.17, 15) is 9.59 Å². The first-order valence-electron chi connectivity index (χ1n) is 11.3. The number of halogens is 2. The first-order valence-corrected chi connectivity index (χ1v) is 12.8. The fraction of sp³-hybridized carbons (Fsp3) is 0.111. The highest BCUT2D eigenvalue weighted by Crippen LogP contribution is 2.47. The molecule has 10 heteroatoms. The maximum atomic E-state index is 12.2. The second-order valence-electron chi connectivity index (χ2n) is 8.95. The van der Waals surface area contributed by atoms with Crippen LogP contribution in [-0.2, 0) is 5.41 Å². The maximum Gasteiger partial charge on any atom is 0.349 e. The normalized spacial score (nSPS) is 11.6. The fourth-order valence-electron chi connectivity index (χ4n) is 4.18. The van der Waals surface area contributed by atoms with Gasteiger partial charge in [-0.2, -0.15) is 9.78 Å². The number of hydrogen-bond donors (Lipinski definition) is 2. The molecule has 0 fully saturated rings. The minimum Gasteiger partial charge on any atom is -0.399 e. The third-order valence-electron chi connectivity index (χ3n) is 5.97. The third-order valence-corrected chi connectivity index (χ3v) is 7.99. The van der Waals surface area contributed by atoms with E-state index in [0.717, 1.165) is 37.6 Å². The summed E-state index contributed by atoms with van der Waals surface area (Å²) in [6.07, 6.45) is 1.01. The average Bonchev–Trinajstić information content (AvgIpc) is 3.31. The molecule has 0 saturated heterocycles. The van der Waals surface area contributed by atoms with Gasteiger partial charge in [-0.15, -0.1) is 11.3 Å². The molecule has 0 radical (unpaired) electrons. The van der Waals surface area contributed by atoms with Gasteiger partial charge in [0, 0.05) is 32.3 Å². The first-order chi connectivity index (χ1) is 17.6. The van der Waals surface area contributed by atoms with E-state index in [1.54, 1.807) is 23.5 Å². The summed E-state index contributed by atoms with van der Waals surface area (Å²) in [5.74, 6) is 0. The van der Waals surface area contributed by atoms with Gasteiger partial charge in [0.1, 0.15) is 11.2 Å². The zero-order valence-corrected chi connectivity index (χ0v) is 22.2. The Morgan fingerprint density at radius 3 is 2.27 bits per heavy atom. The number of thiazole rings is 1. The van der Waals surface area contributed by atoms with Gasteiger partial charge in [-0.05, 0) is 43.7 Å². The zero-order chi connectivity index (χ0) is 26.3. The predicted molar refractivity (Wildman–Crippen MR) is 150 cm³/mol. The van der Waals surface area contributed by atoms with Crippen LogP contribution < -0.4 is 17.0 Å².